The van der Waals surface area contributed by atoms with Crippen LogP contribution in [0.1, 0.15) is 0 Å². The average molecular weight is 287 g/mol. The summed E-state index contributed by atoms with van der Waals surface area (Å²) in [7, 11) is 0. The zero-order chi connectivity index (χ0) is 14.8. The quantitative estimate of drug-likeness (QED) is 0.339. The summed E-state index contributed by atoms with van der Waals surface area (Å²) in [4.78, 5) is 24.0. The van der Waals surface area contributed by atoms with Crippen LogP contribution in [0.5, 0.6) is 5.88 Å². The lowest BCUT2D eigenvalue weighted by molar-refractivity contribution is 0.464. The first-order valence-electron chi connectivity index (χ1n) is 6.88. The van der Waals surface area contributed by atoms with Gasteiger partial charge in [-0.1, -0.05) is 18.2 Å². The summed E-state index contributed by atoms with van der Waals surface area (Å²) in [5.41, 5.74) is 2.69. The standard InChI is InChI=1S/C17H9N3O2/c21-12-5-6-18-15-9(12)7-11-14-13(17(22)20-11)8-3-1-2-4-10(8)19-16(14)15/h1-7,19,22H. The number of nitrogens with zero attached hydrogens (tertiary/aromatic N) is 2. The number of aromatic nitrogens is 3. The molecule has 3 aromatic heterocycles. The van der Waals surface area contributed by atoms with Crippen molar-refractivity contribution in [2.75, 3.05) is 0 Å². The molecule has 0 saturated carbocycles. The predicted octanol–water partition coefficient (Wildman–Crippen LogP) is 2.92. The SMILES string of the molecule is O=c1ccnc2c1cc1nc(O)c3c4ccccc4[nH]c2c13. The molecule has 0 atom stereocenters. The maximum Gasteiger partial charge on any atom is 0.220 e. The Morgan fingerprint density at radius 2 is 1.91 bits per heavy atom. The van der Waals surface area contributed by atoms with Gasteiger partial charge in [-0.3, -0.25) is 9.78 Å². The number of benzene rings is 2. The summed E-state index contributed by atoms with van der Waals surface area (Å²) in [6, 6.07) is 10.8. The summed E-state index contributed by atoms with van der Waals surface area (Å²) in [5, 5.41) is 13.2. The largest absolute Gasteiger partial charge is 0.493 e. The van der Waals surface area contributed by atoms with Gasteiger partial charge in [0.25, 0.3) is 0 Å². The van der Waals surface area contributed by atoms with Crippen molar-refractivity contribution in [1.82, 2.24) is 15.0 Å². The van der Waals surface area contributed by atoms with E-state index in [0.717, 1.165) is 21.8 Å². The van der Waals surface area contributed by atoms with Gasteiger partial charge in [-0.25, -0.2) is 4.98 Å². The van der Waals surface area contributed by atoms with Crippen molar-refractivity contribution in [3.8, 4) is 5.88 Å². The monoisotopic (exact) mass is 287 g/mol. The van der Waals surface area contributed by atoms with Crippen LogP contribution in [0.3, 0.4) is 0 Å². The zero-order valence-corrected chi connectivity index (χ0v) is 11.3. The summed E-state index contributed by atoms with van der Waals surface area (Å²) < 4.78 is 0. The highest BCUT2D eigenvalue weighted by Crippen LogP contribution is 2.39. The molecule has 0 saturated heterocycles. The molecule has 0 radical (unpaired) electrons. The highest BCUT2D eigenvalue weighted by Gasteiger charge is 2.18. The van der Waals surface area contributed by atoms with Crippen LogP contribution in [-0.4, -0.2) is 20.1 Å². The zero-order valence-electron chi connectivity index (χ0n) is 11.3. The Kier molecular flexibility index (Phi) is 1.93. The van der Waals surface area contributed by atoms with Gasteiger partial charge in [-0.2, -0.15) is 0 Å². The third-order valence-electron chi connectivity index (χ3n) is 4.13. The van der Waals surface area contributed by atoms with E-state index in [2.05, 4.69) is 15.0 Å². The van der Waals surface area contributed by atoms with E-state index in [-0.39, 0.29) is 11.3 Å². The van der Waals surface area contributed by atoms with Gasteiger partial charge < -0.3 is 10.1 Å². The van der Waals surface area contributed by atoms with Gasteiger partial charge in [0.2, 0.25) is 5.88 Å². The molecule has 0 fully saturated rings. The van der Waals surface area contributed by atoms with Gasteiger partial charge in [-0.15, -0.1) is 0 Å². The molecule has 0 bridgehead atoms. The molecule has 5 nitrogen and oxygen atoms in total. The van der Waals surface area contributed by atoms with E-state index < -0.39 is 0 Å². The first-order chi connectivity index (χ1) is 10.7. The Morgan fingerprint density at radius 1 is 1.05 bits per heavy atom. The summed E-state index contributed by atoms with van der Waals surface area (Å²) in [6.45, 7) is 0. The second kappa shape index (κ2) is 3.71. The van der Waals surface area contributed by atoms with Crippen LogP contribution < -0.4 is 5.43 Å². The molecule has 0 spiro atoms. The lowest BCUT2D eigenvalue weighted by atomic mass is 10.0. The van der Waals surface area contributed by atoms with E-state index in [9.17, 15) is 9.90 Å². The number of hydrogen-bond acceptors (Lipinski definition) is 4. The third-order valence-corrected chi connectivity index (χ3v) is 4.13. The first kappa shape index (κ1) is 11.4. The molecule has 2 aromatic carbocycles. The number of aromatic amines is 1. The average Bonchev–Trinajstić information content (AvgIpc) is 2.86. The Hall–Kier alpha value is -3.21. The highest BCUT2D eigenvalue weighted by molar-refractivity contribution is 6.26. The second-order valence-corrected chi connectivity index (χ2v) is 5.33. The van der Waals surface area contributed by atoms with Gasteiger partial charge in [0.1, 0.15) is 0 Å². The molecular formula is C17H9N3O2. The predicted molar refractivity (Wildman–Crippen MR) is 85.5 cm³/mol. The molecule has 5 rings (SSSR count). The van der Waals surface area contributed by atoms with Crippen molar-refractivity contribution in [2.24, 2.45) is 0 Å². The Balaban J connectivity index is 2.24. The lowest BCUT2D eigenvalue weighted by Crippen LogP contribution is -2.01. The second-order valence-electron chi connectivity index (χ2n) is 5.33. The number of nitrogens with one attached hydrogen (secondary N) is 1. The minimum absolute atomic E-state index is 0.0204. The van der Waals surface area contributed by atoms with E-state index >= 15 is 0 Å². The fourth-order valence-electron chi connectivity index (χ4n) is 3.19. The summed E-state index contributed by atoms with van der Waals surface area (Å²) in [5.74, 6) is -0.0204. The van der Waals surface area contributed by atoms with Crippen LogP contribution >= 0.6 is 0 Å². The number of fused-ring (bicyclic) bond motifs is 4. The number of rotatable bonds is 0. The summed E-state index contributed by atoms with van der Waals surface area (Å²) >= 11 is 0. The van der Waals surface area contributed by atoms with Crippen molar-refractivity contribution in [1.29, 1.82) is 0 Å². The van der Waals surface area contributed by atoms with E-state index in [1.807, 2.05) is 24.3 Å². The number of hydrogen-bond donors (Lipinski definition) is 2. The molecule has 0 aliphatic heterocycles. The summed E-state index contributed by atoms with van der Waals surface area (Å²) in [6.07, 6.45) is 1.51. The Labute approximate surface area is 123 Å². The van der Waals surface area contributed by atoms with E-state index in [4.69, 9.17) is 0 Å². The van der Waals surface area contributed by atoms with Gasteiger partial charge in [0, 0.05) is 28.6 Å². The van der Waals surface area contributed by atoms with Crippen LogP contribution in [0.15, 0.2) is 47.4 Å². The van der Waals surface area contributed by atoms with Crippen LogP contribution in [0.4, 0.5) is 0 Å². The fraction of sp³-hybridized carbons (Fsp3) is 0. The number of para-hydroxylation sites is 1. The number of aromatic hydroxyl groups is 1. The van der Waals surface area contributed by atoms with E-state index in [1.165, 1.54) is 12.3 Å². The number of H-pyrrole nitrogens is 1. The van der Waals surface area contributed by atoms with Crippen LogP contribution in [-0.2, 0) is 0 Å². The molecule has 3 heterocycles. The smallest absolute Gasteiger partial charge is 0.220 e. The van der Waals surface area contributed by atoms with Crippen LogP contribution in [0.2, 0.25) is 0 Å². The molecule has 104 valence electrons. The fourth-order valence-corrected chi connectivity index (χ4v) is 3.19. The maximum absolute atomic E-state index is 12.1. The van der Waals surface area contributed by atoms with Crippen molar-refractivity contribution in [2.45, 2.75) is 0 Å². The molecule has 0 unspecified atom stereocenters. The molecule has 0 amide bonds. The van der Waals surface area contributed by atoms with Crippen LogP contribution in [0.25, 0.3) is 43.6 Å². The minimum atomic E-state index is -0.104. The molecule has 0 aliphatic rings. The molecule has 5 heteroatoms. The van der Waals surface area contributed by atoms with Crippen LogP contribution in [0, 0.1) is 0 Å². The Morgan fingerprint density at radius 3 is 2.82 bits per heavy atom. The topological polar surface area (TPSA) is 78.9 Å². The Bertz CT molecular complexity index is 1260. The molecular weight excluding hydrogens is 278 g/mol. The van der Waals surface area contributed by atoms with Crippen molar-refractivity contribution in [3.05, 3.63) is 52.8 Å². The molecule has 0 aliphatic carbocycles. The van der Waals surface area contributed by atoms with Gasteiger partial charge in [0.15, 0.2) is 5.43 Å². The van der Waals surface area contributed by atoms with Gasteiger partial charge in [0.05, 0.1) is 27.3 Å². The van der Waals surface area contributed by atoms with Gasteiger partial charge >= 0.3 is 0 Å². The third kappa shape index (κ3) is 1.25. The minimum Gasteiger partial charge on any atom is -0.493 e. The molecule has 22 heavy (non-hydrogen) atoms. The molecule has 2 N–H and O–H groups in total. The normalized spacial score (nSPS) is 12.0. The molecule has 5 aromatic rings. The van der Waals surface area contributed by atoms with Crippen molar-refractivity contribution in [3.63, 3.8) is 0 Å². The highest BCUT2D eigenvalue weighted by atomic mass is 16.3. The van der Waals surface area contributed by atoms with Crippen molar-refractivity contribution >= 4 is 43.6 Å². The van der Waals surface area contributed by atoms with Gasteiger partial charge in [-0.05, 0) is 12.1 Å². The van der Waals surface area contributed by atoms with E-state index in [1.54, 1.807) is 6.07 Å². The first-order valence-corrected chi connectivity index (χ1v) is 6.88. The maximum atomic E-state index is 12.1. The number of pyridine rings is 2. The van der Waals surface area contributed by atoms with Crippen molar-refractivity contribution < 1.29 is 5.11 Å². The van der Waals surface area contributed by atoms with E-state index in [0.29, 0.717) is 21.8 Å². The lowest BCUT2D eigenvalue weighted by Gasteiger charge is -2.06.